The topological polar surface area (TPSA) is 61.8 Å². The van der Waals surface area contributed by atoms with Gasteiger partial charge in [-0.2, -0.15) is 0 Å². The summed E-state index contributed by atoms with van der Waals surface area (Å²) in [7, 11) is 1.72. The molecule has 40 heavy (non-hydrogen) atoms. The number of nitrogens with zero attached hydrogens (tertiary/aromatic N) is 1. The maximum absolute atomic E-state index is 12.2. The van der Waals surface area contributed by atoms with E-state index in [9.17, 15) is 9.90 Å². The van der Waals surface area contributed by atoms with Gasteiger partial charge in [-0.05, 0) is 60.0 Å². The van der Waals surface area contributed by atoms with Crippen LogP contribution in [0.1, 0.15) is 116 Å². The highest BCUT2D eigenvalue weighted by Crippen LogP contribution is 2.44. The second-order valence-electron chi connectivity index (χ2n) is 12.6. The van der Waals surface area contributed by atoms with Crippen LogP contribution in [0.25, 0.3) is 0 Å². The highest BCUT2D eigenvalue weighted by atomic mass is 16.5. The smallest absolute Gasteiger partial charge is 0.407 e. The molecular formula is C35H54N2O3. The maximum atomic E-state index is 12.2. The quantitative estimate of drug-likeness (QED) is 0.214. The normalized spacial score (nSPS) is 18.9. The maximum Gasteiger partial charge on any atom is 0.407 e. The van der Waals surface area contributed by atoms with Crippen LogP contribution in [0.4, 0.5) is 4.79 Å². The van der Waals surface area contributed by atoms with E-state index in [1.807, 2.05) is 6.92 Å². The third kappa shape index (κ3) is 7.95. The van der Waals surface area contributed by atoms with E-state index >= 15 is 0 Å². The van der Waals surface area contributed by atoms with Gasteiger partial charge in [0.15, 0.2) is 0 Å². The van der Waals surface area contributed by atoms with Gasteiger partial charge in [0.25, 0.3) is 0 Å². The van der Waals surface area contributed by atoms with Crippen LogP contribution in [0.5, 0.6) is 0 Å². The van der Waals surface area contributed by atoms with Crippen molar-refractivity contribution in [3.63, 3.8) is 0 Å². The lowest BCUT2D eigenvalue weighted by Crippen LogP contribution is -2.45. The summed E-state index contributed by atoms with van der Waals surface area (Å²) < 4.78 is 6.11. The van der Waals surface area contributed by atoms with E-state index in [0.717, 1.165) is 30.7 Å². The molecule has 0 bridgehead atoms. The largest absolute Gasteiger partial charge is 0.500 e. The van der Waals surface area contributed by atoms with Crippen LogP contribution in [0.2, 0.25) is 0 Å². The molecule has 0 aromatic heterocycles. The van der Waals surface area contributed by atoms with Gasteiger partial charge < -0.3 is 20.1 Å². The van der Waals surface area contributed by atoms with Gasteiger partial charge in [-0.3, -0.25) is 0 Å². The summed E-state index contributed by atoms with van der Waals surface area (Å²) in [6, 6.07) is 8.70. The molecule has 0 saturated carbocycles. The summed E-state index contributed by atoms with van der Waals surface area (Å²) in [6.45, 7) is 12.5. The molecule has 1 atom stereocenters. The highest BCUT2D eigenvalue weighted by molar-refractivity contribution is 5.66. The van der Waals surface area contributed by atoms with Crippen LogP contribution < -0.4 is 5.32 Å². The van der Waals surface area contributed by atoms with Crippen molar-refractivity contribution in [1.29, 1.82) is 0 Å². The van der Waals surface area contributed by atoms with E-state index in [0.29, 0.717) is 13.1 Å². The number of amides is 1. The zero-order chi connectivity index (χ0) is 29.2. The molecule has 0 spiro atoms. The van der Waals surface area contributed by atoms with Crippen LogP contribution in [-0.4, -0.2) is 42.8 Å². The average molecular weight is 551 g/mol. The van der Waals surface area contributed by atoms with Crippen molar-refractivity contribution in [2.75, 3.05) is 26.7 Å². The Balaban J connectivity index is 1.87. The number of hydrogen-bond donors (Lipinski definition) is 2. The minimum atomic E-state index is -0.903. The third-order valence-corrected chi connectivity index (χ3v) is 8.65. The predicted molar refractivity (Wildman–Crippen MR) is 167 cm³/mol. The number of benzene rings is 1. The van der Waals surface area contributed by atoms with E-state index in [2.05, 4.69) is 69.4 Å². The van der Waals surface area contributed by atoms with Gasteiger partial charge in [0, 0.05) is 25.3 Å². The standard InChI is InChI=1S/C35H54N2O3/c1-7-9-10-11-12-13-14-15-16-17-31-30-24-32(40-6)35(25-27(30)22-23-36-31,26-37(8-2)33(38)39)29-20-18-28(19-21-29)34(3,4)5/h18-21,24-25,36H,7-17,22-23,26H2,1-6H3,(H,38,39). The lowest BCUT2D eigenvalue weighted by Gasteiger charge is -2.41. The number of unbranched alkanes of at least 4 members (excludes halogenated alkanes) is 8. The Hall–Kier alpha value is -2.69. The summed E-state index contributed by atoms with van der Waals surface area (Å²) in [5, 5.41) is 13.7. The second-order valence-corrected chi connectivity index (χ2v) is 12.6. The van der Waals surface area contributed by atoms with Crippen LogP contribution in [0.3, 0.4) is 0 Å². The fraction of sp³-hybridized carbons (Fsp3) is 0.629. The first-order valence-electron chi connectivity index (χ1n) is 15.7. The van der Waals surface area contributed by atoms with Gasteiger partial charge in [-0.1, -0.05) is 109 Å². The van der Waals surface area contributed by atoms with Crippen molar-refractivity contribution in [1.82, 2.24) is 10.2 Å². The van der Waals surface area contributed by atoms with Crippen molar-refractivity contribution < 1.29 is 14.6 Å². The molecule has 1 aromatic rings. The molecule has 3 rings (SSSR count). The van der Waals surface area contributed by atoms with Crippen molar-refractivity contribution >= 4 is 6.09 Å². The molecule has 2 aliphatic rings. The monoisotopic (exact) mass is 550 g/mol. The van der Waals surface area contributed by atoms with Crippen molar-refractivity contribution in [3.8, 4) is 0 Å². The molecule has 0 fully saturated rings. The first-order valence-corrected chi connectivity index (χ1v) is 15.7. The van der Waals surface area contributed by atoms with E-state index in [1.165, 1.54) is 85.1 Å². The molecule has 1 heterocycles. The van der Waals surface area contributed by atoms with E-state index in [4.69, 9.17) is 4.74 Å². The molecule has 1 aliphatic heterocycles. The van der Waals surface area contributed by atoms with Crippen LogP contribution >= 0.6 is 0 Å². The van der Waals surface area contributed by atoms with Crippen LogP contribution in [0, 0.1) is 0 Å². The number of carboxylic acid groups (broad SMARTS) is 1. The molecule has 1 unspecified atom stereocenters. The summed E-state index contributed by atoms with van der Waals surface area (Å²) in [6.07, 6.45) is 17.5. The Morgan fingerprint density at radius 3 is 2.17 bits per heavy atom. The molecule has 1 aliphatic carbocycles. The lowest BCUT2D eigenvalue weighted by molar-refractivity contribution is 0.132. The Kier molecular flexibility index (Phi) is 11.8. The Bertz CT molecular complexity index is 1060. The van der Waals surface area contributed by atoms with Gasteiger partial charge >= 0.3 is 6.09 Å². The predicted octanol–water partition coefficient (Wildman–Crippen LogP) is 8.86. The fourth-order valence-electron chi connectivity index (χ4n) is 6.13. The molecule has 1 aromatic carbocycles. The van der Waals surface area contributed by atoms with Gasteiger partial charge in [0.2, 0.25) is 0 Å². The second kappa shape index (κ2) is 14.8. The number of methoxy groups -OCH3 is 1. The lowest BCUT2D eigenvalue weighted by atomic mass is 9.70. The first kappa shape index (κ1) is 31.8. The minimum absolute atomic E-state index is 0.0437. The molecular weight excluding hydrogens is 496 g/mol. The zero-order valence-electron chi connectivity index (χ0n) is 26.1. The van der Waals surface area contributed by atoms with E-state index in [-0.39, 0.29) is 5.41 Å². The van der Waals surface area contributed by atoms with E-state index < -0.39 is 11.5 Å². The molecule has 222 valence electrons. The van der Waals surface area contributed by atoms with Crippen molar-refractivity contribution in [2.24, 2.45) is 0 Å². The third-order valence-electron chi connectivity index (χ3n) is 8.65. The zero-order valence-corrected chi connectivity index (χ0v) is 26.1. The average Bonchev–Trinajstić information content (AvgIpc) is 2.94. The fourth-order valence-corrected chi connectivity index (χ4v) is 6.13. The Labute approximate surface area is 243 Å². The number of carbonyl (C=O) groups is 1. The molecule has 0 radical (unpaired) electrons. The molecule has 5 nitrogen and oxygen atoms in total. The summed E-state index contributed by atoms with van der Waals surface area (Å²) >= 11 is 0. The minimum Gasteiger partial charge on any atom is -0.500 e. The number of nitrogens with one attached hydrogen (secondary N) is 1. The van der Waals surface area contributed by atoms with Gasteiger partial charge in [0.1, 0.15) is 5.76 Å². The number of allylic oxidation sites excluding steroid dienone is 3. The van der Waals surface area contributed by atoms with Crippen LogP contribution in [0.15, 0.2) is 59.0 Å². The van der Waals surface area contributed by atoms with E-state index in [1.54, 1.807) is 7.11 Å². The summed E-state index contributed by atoms with van der Waals surface area (Å²) in [4.78, 5) is 13.7. The van der Waals surface area contributed by atoms with Gasteiger partial charge in [-0.15, -0.1) is 0 Å². The van der Waals surface area contributed by atoms with Crippen molar-refractivity contribution in [3.05, 3.63) is 70.1 Å². The molecule has 1 amide bonds. The number of rotatable bonds is 15. The number of ether oxygens (including phenoxy) is 1. The van der Waals surface area contributed by atoms with Gasteiger partial charge in [-0.25, -0.2) is 4.79 Å². The Morgan fingerprint density at radius 1 is 1.00 bits per heavy atom. The SMILES string of the molecule is CCCCCCCCCCCC1=C2C=C(OC)C(CN(CC)C(=O)O)(c3ccc(C(C)(C)C)cc3)C=C2CCN1. The van der Waals surface area contributed by atoms with Crippen molar-refractivity contribution in [2.45, 2.75) is 116 Å². The summed E-state index contributed by atoms with van der Waals surface area (Å²) in [5.74, 6) is 0.808. The van der Waals surface area contributed by atoms with Gasteiger partial charge in [0.05, 0.1) is 12.5 Å². The number of hydrogen-bond acceptors (Lipinski definition) is 3. The summed E-state index contributed by atoms with van der Waals surface area (Å²) in [5.41, 5.74) is 5.54. The Morgan fingerprint density at radius 2 is 1.62 bits per heavy atom. The van der Waals surface area contributed by atoms with Crippen LogP contribution in [-0.2, 0) is 15.6 Å². The molecule has 2 N–H and O–H groups in total. The number of likely N-dealkylation sites (N-methyl/N-ethyl adjacent to an activating group) is 1. The first-order chi connectivity index (χ1) is 19.2. The molecule has 5 heteroatoms. The number of fused-ring (bicyclic) bond motifs is 1. The highest BCUT2D eigenvalue weighted by Gasteiger charge is 2.42. The molecule has 0 saturated heterocycles.